The van der Waals surface area contributed by atoms with Crippen molar-refractivity contribution in [2.45, 2.75) is 127 Å². The Balaban J connectivity index is 1.43. The Kier molecular flexibility index (Phi) is 10.2. The van der Waals surface area contributed by atoms with Gasteiger partial charge in [0.05, 0.1) is 16.0 Å². The molecule has 0 radical (unpaired) electrons. The summed E-state index contributed by atoms with van der Waals surface area (Å²) >= 11 is 1.23. The van der Waals surface area contributed by atoms with Gasteiger partial charge in [0.15, 0.2) is 8.32 Å². The molecule has 1 aromatic heterocycles. The third kappa shape index (κ3) is 6.59. The number of alkyl halides is 2. The number of fused-ring (bicyclic) bond motifs is 2. The van der Waals surface area contributed by atoms with E-state index >= 15 is 8.78 Å². The highest BCUT2D eigenvalue weighted by Gasteiger charge is 2.53. The second kappa shape index (κ2) is 12.7. The Morgan fingerprint density at radius 2 is 1.83 bits per heavy atom. The topological polar surface area (TPSA) is 56.3 Å². The Labute approximate surface area is 257 Å². The normalized spacial score (nSPS) is 25.7. The summed E-state index contributed by atoms with van der Waals surface area (Å²) in [5.41, 5.74) is 0.496. The van der Waals surface area contributed by atoms with Gasteiger partial charge in [-0.3, -0.25) is 0 Å². The minimum absolute atomic E-state index is 0.0130. The van der Waals surface area contributed by atoms with Gasteiger partial charge in [0, 0.05) is 6.42 Å². The third-order valence-corrected chi connectivity index (χ3v) is 18.9. The summed E-state index contributed by atoms with van der Waals surface area (Å²) in [6.07, 6.45) is 7.26. The molecule has 0 saturated heterocycles. The lowest BCUT2D eigenvalue weighted by Crippen LogP contribution is -2.53. The van der Waals surface area contributed by atoms with Gasteiger partial charge in [0.1, 0.15) is 5.60 Å². The van der Waals surface area contributed by atoms with Crippen molar-refractivity contribution in [3.05, 3.63) is 35.9 Å². The van der Waals surface area contributed by atoms with Gasteiger partial charge in [0.25, 0.3) is 5.92 Å². The van der Waals surface area contributed by atoms with Gasteiger partial charge in [-0.05, 0) is 106 Å². The van der Waals surface area contributed by atoms with Crippen LogP contribution in [0.4, 0.5) is 8.78 Å². The van der Waals surface area contributed by atoms with Crippen LogP contribution in [0.2, 0.25) is 18.1 Å². The molecule has 0 bridgehead atoms. The maximum Gasteiger partial charge on any atom is 0.274 e. The summed E-state index contributed by atoms with van der Waals surface area (Å²) in [5, 5.41) is 0. The fourth-order valence-corrected chi connectivity index (χ4v) is 13.7. The number of hydrogen-bond donors (Lipinski definition) is 0. The Hall–Kier alpha value is -1.16. The zero-order valence-electron chi connectivity index (χ0n) is 26.6. The van der Waals surface area contributed by atoms with Crippen molar-refractivity contribution < 1.29 is 21.6 Å². The fourth-order valence-electron chi connectivity index (χ4n) is 8.02. The number of halogens is 2. The summed E-state index contributed by atoms with van der Waals surface area (Å²) in [5.74, 6) is -2.10. The highest BCUT2D eigenvalue weighted by molar-refractivity contribution is 7.93. The molecule has 2 aliphatic rings. The molecule has 2 aliphatic carbocycles. The molecule has 0 spiro atoms. The van der Waals surface area contributed by atoms with Gasteiger partial charge in [-0.25, -0.2) is 22.2 Å². The first kappa shape index (κ1) is 33.7. The predicted molar refractivity (Wildman–Crippen MR) is 174 cm³/mol. The number of para-hydroxylation sites is 1. The molecule has 0 unspecified atom stereocenters. The molecular weight excluding hydrogens is 589 g/mol. The SMILES string of the molecule is CC[Si](CC)(CC)OC(C)(C)C(F)(F)CC[C@@H](C)[C@H]1CC[C@H]2C(=CCS(=O)(=O)c3nc4ccccc4s3)CCC[C@]12C. The lowest BCUT2D eigenvalue weighted by atomic mass is 9.60. The number of nitrogens with zero attached hydrogens (tertiary/aromatic N) is 1. The Morgan fingerprint density at radius 3 is 2.48 bits per heavy atom. The van der Waals surface area contributed by atoms with E-state index in [1.807, 2.05) is 30.3 Å². The lowest BCUT2D eigenvalue weighted by Gasteiger charge is -2.45. The molecule has 0 amide bonds. The minimum atomic E-state index is -3.52. The minimum Gasteiger partial charge on any atom is -0.406 e. The number of rotatable bonds is 13. The number of sulfone groups is 1. The largest absolute Gasteiger partial charge is 0.406 e. The smallest absolute Gasteiger partial charge is 0.274 e. The molecule has 1 aromatic carbocycles. The van der Waals surface area contributed by atoms with Crippen LogP contribution in [0.3, 0.4) is 0 Å². The molecule has 0 N–H and O–H groups in total. The monoisotopic (exact) mass is 639 g/mol. The van der Waals surface area contributed by atoms with Crippen LogP contribution in [-0.2, 0) is 14.3 Å². The molecule has 0 aliphatic heterocycles. The van der Waals surface area contributed by atoms with E-state index in [-0.39, 0.29) is 27.8 Å². The predicted octanol–water partition coefficient (Wildman–Crippen LogP) is 10.1. The van der Waals surface area contributed by atoms with Crippen LogP contribution in [0.15, 0.2) is 40.3 Å². The summed E-state index contributed by atoms with van der Waals surface area (Å²) in [6.45, 7) is 13.9. The summed E-state index contributed by atoms with van der Waals surface area (Å²) in [7, 11) is -5.69. The molecule has 42 heavy (non-hydrogen) atoms. The number of benzene rings is 1. The van der Waals surface area contributed by atoms with E-state index in [0.717, 1.165) is 60.5 Å². The van der Waals surface area contributed by atoms with Crippen LogP contribution in [0.25, 0.3) is 10.2 Å². The van der Waals surface area contributed by atoms with E-state index in [2.05, 4.69) is 39.6 Å². The average molecular weight is 640 g/mol. The van der Waals surface area contributed by atoms with Crippen molar-refractivity contribution in [1.82, 2.24) is 4.98 Å². The van der Waals surface area contributed by atoms with Gasteiger partial charge in [-0.15, -0.1) is 11.3 Å². The van der Waals surface area contributed by atoms with Crippen molar-refractivity contribution in [2.24, 2.45) is 23.2 Å². The number of hydrogen-bond acceptors (Lipinski definition) is 5. The summed E-state index contributed by atoms with van der Waals surface area (Å²) in [4.78, 5) is 4.39. The van der Waals surface area contributed by atoms with Gasteiger partial charge in [-0.1, -0.05) is 58.4 Å². The third-order valence-electron chi connectivity index (χ3n) is 11.0. The summed E-state index contributed by atoms with van der Waals surface area (Å²) < 4.78 is 65.3. The molecule has 1 heterocycles. The highest BCUT2D eigenvalue weighted by atomic mass is 32.2. The molecule has 236 valence electrons. The fraction of sp³-hybridized carbons (Fsp3) is 0.727. The average Bonchev–Trinajstić information content (AvgIpc) is 3.55. The van der Waals surface area contributed by atoms with Crippen LogP contribution in [0, 0.1) is 23.2 Å². The molecule has 2 aromatic rings. The van der Waals surface area contributed by atoms with E-state index in [1.165, 1.54) is 16.9 Å². The Morgan fingerprint density at radius 1 is 1.17 bits per heavy atom. The van der Waals surface area contributed by atoms with Crippen LogP contribution in [0.5, 0.6) is 0 Å². The number of aromatic nitrogens is 1. The van der Waals surface area contributed by atoms with Gasteiger partial charge in [-0.2, -0.15) is 0 Å². The number of allylic oxidation sites excluding steroid dienone is 1. The van der Waals surface area contributed by atoms with Crippen LogP contribution in [0.1, 0.15) is 93.4 Å². The van der Waals surface area contributed by atoms with Crippen LogP contribution >= 0.6 is 11.3 Å². The van der Waals surface area contributed by atoms with E-state index in [1.54, 1.807) is 13.8 Å². The van der Waals surface area contributed by atoms with Crippen molar-refractivity contribution in [2.75, 3.05) is 5.75 Å². The van der Waals surface area contributed by atoms with E-state index < -0.39 is 29.7 Å². The van der Waals surface area contributed by atoms with Crippen molar-refractivity contribution in [3.63, 3.8) is 0 Å². The zero-order chi connectivity index (χ0) is 31.0. The second-order valence-electron chi connectivity index (χ2n) is 13.7. The van der Waals surface area contributed by atoms with Gasteiger partial charge >= 0.3 is 0 Å². The van der Waals surface area contributed by atoms with Crippen molar-refractivity contribution in [3.8, 4) is 0 Å². The zero-order valence-corrected chi connectivity index (χ0v) is 29.3. The molecular formula is C33H51F2NO3S2Si. The van der Waals surface area contributed by atoms with Crippen LogP contribution in [-0.4, -0.2) is 39.0 Å². The van der Waals surface area contributed by atoms with Crippen molar-refractivity contribution in [1.29, 1.82) is 0 Å². The molecule has 4 atom stereocenters. The summed E-state index contributed by atoms with van der Waals surface area (Å²) in [6, 6.07) is 10.1. The lowest BCUT2D eigenvalue weighted by molar-refractivity contribution is -0.159. The standard InChI is InChI=1S/C33H51F2NO3S2Si/c1-8-42(9-2,10-3)39-31(5,6)33(34,35)22-19-24(4)26-17-18-27-25(14-13-21-32(26,27)7)20-23-41(37,38)30-36-28-15-11-12-16-29(28)40-30/h11-12,15-16,20,24,26-27H,8-10,13-14,17-19,21-23H2,1-7H3/t24-,26-,27+,32-/m1/s1. The molecule has 4 rings (SSSR count). The quantitative estimate of drug-likeness (QED) is 0.162. The Bertz CT molecular complexity index is 1330. The van der Waals surface area contributed by atoms with Crippen molar-refractivity contribution >= 4 is 39.7 Å². The van der Waals surface area contributed by atoms with Crippen LogP contribution < -0.4 is 0 Å². The van der Waals surface area contributed by atoms with E-state index in [4.69, 9.17) is 4.43 Å². The first-order chi connectivity index (χ1) is 19.6. The molecule has 2 fully saturated rings. The first-order valence-electron chi connectivity index (χ1n) is 16.0. The second-order valence-corrected chi connectivity index (χ2v) is 21.6. The maximum absolute atomic E-state index is 15.7. The van der Waals surface area contributed by atoms with E-state index in [0.29, 0.717) is 18.3 Å². The first-order valence-corrected chi connectivity index (χ1v) is 21.0. The van der Waals surface area contributed by atoms with Gasteiger partial charge < -0.3 is 4.43 Å². The van der Waals surface area contributed by atoms with E-state index in [9.17, 15) is 8.42 Å². The molecule has 9 heteroatoms. The molecule has 2 saturated carbocycles. The number of thiazole rings is 1. The highest BCUT2D eigenvalue weighted by Crippen LogP contribution is 2.60. The van der Waals surface area contributed by atoms with Gasteiger partial charge in [0.2, 0.25) is 14.2 Å². The maximum atomic E-state index is 15.7. The molecule has 4 nitrogen and oxygen atoms in total.